The Hall–Kier alpha value is -2.30. The van der Waals surface area contributed by atoms with Gasteiger partial charge >= 0.3 is 6.18 Å². The van der Waals surface area contributed by atoms with E-state index in [1.54, 1.807) is 31.2 Å². The van der Waals surface area contributed by atoms with Crippen molar-refractivity contribution in [3.05, 3.63) is 71.2 Å². The molecule has 2 aromatic carbocycles. The average Bonchev–Trinajstić information content (AvgIpc) is 2.81. The molecule has 3 aromatic rings. The highest BCUT2D eigenvalue weighted by molar-refractivity contribution is 5.80. The van der Waals surface area contributed by atoms with E-state index in [1.807, 2.05) is 19.1 Å². The first-order chi connectivity index (χ1) is 10.8. The Morgan fingerprint density at radius 3 is 2.30 bits per heavy atom. The minimum Gasteiger partial charge on any atom is -0.461 e. The largest absolute Gasteiger partial charge is 0.461 e. The SMILES string of the molecule is Cc1cccc(CC(F)(F)F)c1.Cc1cccc2c(F)coc12. The first-order valence-corrected chi connectivity index (χ1v) is 7.01. The number of furan rings is 1. The highest BCUT2D eigenvalue weighted by atomic mass is 19.4. The van der Waals surface area contributed by atoms with Crippen LogP contribution in [-0.4, -0.2) is 6.18 Å². The smallest absolute Gasteiger partial charge is 0.393 e. The van der Waals surface area contributed by atoms with Crippen LogP contribution in [0.25, 0.3) is 11.0 Å². The lowest BCUT2D eigenvalue weighted by molar-refractivity contribution is -0.127. The molecule has 0 aliphatic rings. The molecule has 1 heterocycles. The maximum atomic E-state index is 12.8. The van der Waals surface area contributed by atoms with Crippen LogP contribution in [0.15, 0.2) is 53.1 Å². The van der Waals surface area contributed by atoms with Crippen molar-refractivity contribution in [3.8, 4) is 0 Å². The molecule has 0 radical (unpaired) electrons. The van der Waals surface area contributed by atoms with Crippen molar-refractivity contribution in [1.82, 2.24) is 0 Å². The van der Waals surface area contributed by atoms with Crippen LogP contribution >= 0.6 is 0 Å². The quantitative estimate of drug-likeness (QED) is 0.502. The summed E-state index contributed by atoms with van der Waals surface area (Å²) in [4.78, 5) is 0. The Morgan fingerprint density at radius 1 is 1.00 bits per heavy atom. The average molecular weight is 324 g/mol. The summed E-state index contributed by atoms with van der Waals surface area (Å²) in [5, 5.41) is 0.560. The van der Waals surface area contributed by atoms with Gasteiger partial charge < -0.3 is 4.42 Å². The zero-order chi connectivity index (χ0) is 17.0. The Labute approximate surface area is 131 Å². The van der Waals surface area contributed by atoms with Gasteiger partial charge in [-0.2, -0.15) is 13.2 Å². The van der Waals surface area contributed by atoms with Gasteiger partial charge in [0.05, 0.1) is 11.8 Å². The van der Waals surface area contributed by atoms with Gasteiger partial charge in [0.25, 0.3) is 0 Å². The second-order valence-electron chi connectivity index (χ2n) is 5.32. The molecule has 1 nitrogen and oxygen atoms in total. The topological polar surface area (TPSA) is 13.1 Å². The summed E-state index contributed by atoms with van der Waals surface area (Å²) in [6.45, 7) is 3.67. The monoisotopic (exact) mass is 324 g/mol. The summed E-state index contributed by atoms with van der Waals surface area (Å²) in [6, 6.07) is 11.9. The molecule has 0 aliphatic heterocycles. The minimum atomic E-state index is -4.10. The van der Waals surface area contributed by atoms with Crippen LogP contribution in [0, 0.1) is 19.7 Å². The molecule has 0 aliphatic carbocycles. The molecular weight excluding hydrogens is 308 g/mol. The standard InChI is InChI=1S/C9H9F3.C9H7FO/c1-7-3-2-4-8(5-7)6-9(10,11)12;1-6-3-2-4-7-8(10)5-11-9(6)7/h2-5H,6H2,1H3;2-5H,1H3. The minimum absolute atomic E-state index is 0.288. The zero-order valence-corrected chi connectivity index (χ0v) is 12.7. The molecule has 3 rings (SSSR count). The predicted molar refractivity (Wildman–Crippen MR) is 81.8 cm³/mol. The van der Waals surface area contributed by atoms with Crippen LogP contribution in [0.5, 0.6) is 0 Å². The first kappa shape index (κ1) is 17.1. The number of aryl methyl sites for hydroxylation is 2. The van der Waals surface area contributed by atoms with Gasteiger partial charge in [-0.25, -0.2) is 4.39 Å². The fraction of sp³-hybridized carbons (Fsp3) is 0.222. The van der Waals surface area contributed by atoms with E-state index in [-0.39, 0.29) is 5.82 Å². The van der Waals surface area contributed by atoms with Crippen molar-refractivity contribution in [1.29, 1.82) is 0 Å². The van der Waals surface area contributed by atoms with E-state index in [2.05, 4.69) is 0 Å². The van der Waals surface area contributed by atoms with Crippen molar-refractivity contribution >= 4 is 11.0 Å². The fourth-order valence-corrected chi connectivity index (χ4v) is 2.22. The summed E-state index contributed by atoms with van der Waals surface area (Å²) in [6.07, 6.45) is -3.81. The van der Waals surface area contributed by atoms with Crippen molar-refractivity contribution in [2.75, 3.05) is 0 Å². The van der Waals surface area contributed by atoms with E-state index in [0.717, 1.165) is 17.4 Å². The Balaban J connectivity index is 0.000000167. The van der Waals surface area contributed by atoms with Gasteiger partial charge in [0.15, 0.2) is 5.82 Å². The van der Waals surface area contributed by atoms with Crippen molar-refractivity contribution < 1.29 is 22.0 Å². The lowest BCUT2D eigenvalue weighted by Crippen LogP contribution is -2.11. The van der Waals surface area contributed by atoms with E-state index < -0.39 is 12.6 Å². The molecule has 0 unspecified atom stereocenters. The lowest BCUT2D eigenvalue weighted by atomic mass is 10.1. The Kier molecular flexibility index (Phi) is 5.08. The van der Waals surface area contributed by atoms with Gasteiger partial charge in [0.2, 0.25) is 0 Å². The van der Waals surface area contributed by atoms with Gasteiger partial charge in [-0.3, -0.25) is 0 Å². The molecule has 1 aromatic heterocycles. The van der Waals surface area contributed by atoms with Gasteiger partial charge in [0, 0.05) is 0 Å². The number of para-hydroxylation sites is 1. The summed E-state index contributed by atoms with van der Waals surface area (Å²) in [5.41, 5.74) is 2.79. The van der Waals surface area contributed by atoms with Crippen LogP contribution in [-0.2, 0) is 6.42 Å². The molecule has 0 N–H and O–H groups in total. The van der Waals surface area contributed by atoms with E-state index >= 15 is 0 Å². The van der Waals surface area contributed by atoms with Crippen molar-refractivity contribution in [2.24, 2.45) is 0 Å². The van der Waals surface area contributed by atoms with Crippen LogP contribution in [0.3, 0.4) is 0 Å². The molecule has 0 saturated heterocycles. The summed E-state index contributed by atoms with van der Waals surface area (Å²) < 4.78 is 53.5. The molecule has 23 heavy (non-hydrogen) atoms. The molecule has 0 spiro atoms. The van der Waals surface area contributed by atoms with Crippen LogP contribution in [0.1, 0.15) is 16.7 Å². The molecule has 0 bridgehead atoms. The number of halogens is 4. The van der Waals surface area contributed by atoms with Gasteiger partial charge in [-0.15, -0.1) is 0 Å². The number of alkyl halides is 3. The van der Waals surface area contributed by atoms with Crippen molar-refractivity contribution in [2.45, 2.75) is 26.4 Å². The maximum Gasteiger partial charge on any atom is 0.393 e. The molecule has 0 saturated carbocycles. The van der Waals surface area contributed by atoms with E-state index in [1.165, 1.54) is 6.07 Å². The maximum absolute atomic E-state index is 12.8. The second kappa shape index (κ2) is 6.86. The van der Waals surface area contributed by atoms with E-state index in [4.69, 9.17) is 4.42 Å². The predicted octanol–water partition coefficient (Wildman–Crippen LogP) is 5.98. The first-order valence-electron chi connectivity index (χ1n) is 7.01. The molecule has 0 atom stereocenters. The summed E-state index contributed by atoms with van der Waals surface area (Å²) in [5.74, 6) is -0.288. The third-order valence-electron chi connectivity index (χ3n) is 3.24. The van der Waals surface area contributed by atoms with Crippen LogP contribution < -0.4 is 0 Å². The number of fused-ring (bicyclic) bond motifs is 1. The Morgan fingerprint density at radius 2 is 1.70 bits per heavy atom. The lowest BCUT2D eigenvalue weighted by Gasteiger charge is -2.06. The van der Waals surface area contributed by atoms with E-state index in [0.29, 0.717) is 16.5 Å². The van der Waals surface area contributed by atoms with E-state index in [9.17, 15) is 17.6 Å². The summed E-state index contributed by atoms with van der Waals surface area (Å²) in [7, 11) is 0. The highest BCUT2D eigenvalue weighted by Crippen LogP contribution is 2.22. The second-order valence-corrected chi connectivity index (χ2v) is 5.32. The number of rotatable bonds is 1. The molecular formula is C18H16F4O. The van der Waals surface area contributed by atoms with Gasteiger partial charge in [-0.1, -0.05) is 42.0 Å². The van der Waals surface area contributed by atoms with Gasteiger partial charge in [0.1, 0.15) is 11.8 Å². The molecule has 5 heteroatoms. The normalized spacial score (nSPS) is 11.2. The number of hydrogen-bond acceptors (Lipinski definition) is 1. The fourth-order valence-electron chi connectivity index (χ4n) is 2.22. The van der Waals surface area contributed by atoms with Crippen LogP contribution in [0.4, 0.5) is 17.6 Å². The molecule has 0 fully saturated rings. The highest BCUT2D eigenvalue weighted by Gasteiger charge is 2.27. The van der Waals surface area contributed by atoms with Crippen molar-refractivity contribution in [3.63, 3.8) is 0 Å². The number of hydrogen-bond donors (Lipinski definition) is 0. The zero-order valence-electron chi connectivity index (χ0n) is 12.7. The third kappa shape index (κ3) is 4.84. The Bertz CT molecular complexity index is 787. The number of benzene rings is 2. The van der Waals surface area contributed by atoms with Gasteiger partial charge in [-0.05, 0) is 31.0 Å². The molecule has 0 amide bonds. The van der Waals surface area contributed by atoms with Crippen LogP contribution in [0.2, 0.25) is 0 Å². The summed E-state index contributed by atoms with van der Waals surface area (Å²) >= 11 is 0. The molecule has 122 valence electrons. The third-order valence-corrected chi connectivity index (χ3v) is 3.24.